The van der Waals surface area contributed by atoms with Crippen LogP contribution in [0.3, 0.4) is 0 Å². The number of hydrogen-bond donors (Lipinski definition) is 0. The van der Waals surface area contributed by atoms with Crippen molar-refractivity contribution in [2.45, 2.75) is 64.6 Å². The second-order valence-electron chi connectivity index (χ2n) is 15.6. The Balaban J connectivity index is 0.000000235. The van der Waals surface area contributed by atoms with Crippen molar-refractivity contribution in [1.82, 2.24) is 0 Å². The van der Waals surface area contributed by atoms with Gasteiger partial charge in [0, 0.05) is 29.8 Å². The number of aryl methyl sites for hydroxylation is 2. The minimum atomic E-state index is -4.74. The molecular formula is C52H37F15O2. The van der Waals surface area contributed by atoms with Crippen LogP contribution in [0.15, 0.2) is 115 Å². The molecule has 0 saturated heterocycles. The molecule has 0 atom stereocenters. The first-order valence-electron chi connectivity index (χ1n) is 21.0. The Hall–Kier alpha value is -6.91. The summed E-state index contributed by atoms with van der Waals surface area (Å²) in [6, 6.07) is 21.2. The minimum Gasteiger partial charge on any atom is -0.429 e. The van der Waals surface area contributed by atoms with Gasteiger partial charge in [0.05, 0.1) is 0 Å². The maximum Gasteiger partial charge on any atom is 0.432 e. The van der Waals surface area contributed by atoms with E-state index in [0.29, 0.717) is 35.4 Å². The van der Waals surface area contributed by atoms with Gasteiger partial charge in [0.2, 0.25) is 0 Å². The third-order valence-corrected chi connectivity index (χ3v) is 10.5. The number of halogens is 15. The molecule has 0 fully saturated rings. The molecule has 2 nitrogen and oxygen atoms in total. The fraction of sp³-hybridized carbons (Fsp3) is 0.192. The Kier molecular flexibility index (Phi) is 16.1. The molecule has 0 amide bonds. The maximum atomic E-state index is 15.0. The van der Waals surface area contributed by atoms with Gasteiger partial charge >= 0.3 is 12.2 Å². The van der Waals surface area contributed by atoms with Gasteiger partial charge in [0.25, 0.3) is 0 Å². The molecule has 0 aliphatic rings. The molecule has 0 bridgehead atoms. The van der Waals surface area contributed by atoms with E-state index < -0.39 is 98.8 Å². The van der Waals surface area contributed by atoms with Crippen LogP contribution in [0.1, 0.15) is 61.8 Å². The van der Waals surface area contributed by atoms with Gasteiger partial charge in [-0.05, 0) is 88.5 Å². The van der Waals surface area contributed by atoms with E-state index in [4.69, 9.17) is 0 Å². The molecule has 0 spiro atoms. The monoisotopic (exact) mass is 978 g/mol. The normalized spacial score (nSPS) is 11.6. The van der Waals surface area contributed by atoms with Gasteiger partial charge < -0.3 is 9.47 Å². The first-order valence-corrected chi connectivity index (χ1v) is 21.0. The zero-order chi connectivity index (χ0) is 50.4. The van der Waals surface area contributed by atoms with Gasteiger partial charge in [-0.2, -0.15) is 17.6 Å². The summed E-state index contributed by atoms with van der Waals surface area (Å²) in [5.41, 5.74) is -0.400. The van der Waals surface area contributed by atoms with Crippen LogP contribution in [0.4, 0.5) is 65.9 Å². The van der Waals surface area contributed by atoms with Crippen molar-refractivity contribution in [2.24, 2.45) is 0 Å². The quantitative estimate of drug-likeness (QED) is 0.0579. The van der Waals surface area contributed by atoms with Crippen molar-refractivity contribution in [3.63, 3.8) is 0 Å². The average Bonchev–Trinajstić information content (AvgIpc) is 3.27. The second kappa shape index (κ2) is 21.6. The Morgan fingerprint density at radius 2 is 0.710 bits per heavy atom. The van der Waals surface area contributed by atoms with Crippen LogP contribution in [0.2, 0.25) is 0 Å². The predicted octanol–water partition coefficient (Wildman–Crippen LogP) is 16.8. The molecule has 0 N–H and O–H groups in total. The molecule has 0 saturated carbocycles. The van der Waals surface area contributed by atoms with Crippen molar-refractivity contribution in [2.75, 3.05) is 0 Å². The number of benzene rings is 7. The molecule has 17 heteroatoms. The lowest BCUT2D eigenvalue weighted by molar-refractivity contribution is -0.190. The number of unbranched alkanes of at least 4 members (excludes halogenated alkanes) is 2. The van der Waals surface area contributed by atoms with Crippen LogP contribution in [0, 0.1) is 64.0 Å². The molecule has 7 aromatic carbocycles. The molecule has 0 radical (unpaired) electrons. The summed E-state index contributed by atoms with van der Waals surface area (Å²) in [7, 11) is 0. The predicted molar refractivity (Wildman–Crippen MR) is 228 cm³/mol. The summed E-state index contributed by atoms with van der Waals surface area (Å²) in [6.07, 6.45) is -3.42. The van der Waals surface area contributed by atoms with Crippen molar-refractivity contribution in [3.8, 4) is 44.9 Å². The molecule has 0 heterocycles. The molecule has 0 aliphatic carbocycles. The Labute approximate surface area is 385 Å². The van der Waals surface area contributed by atoms with E-state index in [2.05, 4.69) is 16.4 Å². The topological polar surface area (TPSA) is 18.5 Å². The van der Waals surface area contributed by atoms with Crippen LogP contribution in [-0.2, 0) is 25.1 Å². The lowest BCUT2D eigenvalue weighted by Gasteiger charge is -2.20. The van der Waals surface area contributed by atoms with E-state index in [1.165, 1.54) is 18.2 Å². The van der Waals surface area contributed by atoms with Crippen molar-refractivity contribution in [3.05, 3.63) is 202 Å². The largest absolute Gasteiger partial charge is 0.432 e. The fourth-order valence-electron chi connectivity index (χ4n) is 7.13. The van der Waals surface area contributed by atoms with Gasteiger partial charge in [0.15, 0.2) is 34.9 Å². The van der Waals surface area contributed by atoms with Gasteiger partial charge in [0.1, 0.15) is 51.7 Å². The van der Waals surface area contributed by atoms with E-state index >= 15 is 0 Å². The molecule has 69 heavy (non-hydrogen) atoms. The van der Waals surface area contributed by atoms with E-state index in [9.17, 15) is 65.9 Å². The molecule has 0 aliphatic heterocycles. The van der Waals surface area contributed by atoms with Crippen LogP contribution < -0.4 is 9.47 Å². The first kappa shape index (κ1) is 51.5. The summed E-state index contributed by atoms with van der Waals surface area (Å²) < 4.78 is 218. The third-order valence-electron chi connectivity index (χ3n) is 10.5. The highest BCUT2D eigenvalue weighted by Crippen LogP contribution is 2.40. The first-order chi connectivity index (χ1) is 32.6. The second-order valence-corrected chi connectivity index (χ2v) is 15.6. The third kappa shape index (κ3) is 12.2. The highest BCUT2D eigenvalue weighted by Gasteiger charge is 2.43. The van der Waals surface area contributed by atoms with E-state index in [1.807, 2.05) is 31.2 Å². The SMILES string of the molecule is CCCCCc1ccc(-c2ccc(-c3cc(F)c(C(F)(F)Oc4cc(F)c(F)c(F)c4)c(F)c3)c(F)c2)cc1.CCCc1ccc(-c2cc(F)c(C(F)(F)Oc3cc(F)c(F)c(F)c3)c(F)c2)cc1. The highest BCUT2D eigenvalue weighted by molar-refractivity contribution is 5.72. The molecular weight excluding hydrogens is 942 g/mol. The van der Waals surface area contributed by atoms with E-state index in [1.54, 1.807) is 24.3 Å². The van der Waals surface area contributed by atoms with Gasteiger partial charge in [-0.15, -0.1) is 0 Å². The number of ether oxygens (including phenoxy) is 2. The van der Waals surface area contributed by atoms with Crippen molar-refractivity contribution in [1.29, 1.82) is 0 Å². The Bertz CT molecular complexity index is 2840. The molecule has 7 aromatic rings. The van der Waals surface area contributed by atoms with Crippen LogP contribution in [-0.4, -0.2) is 0 Å². The van der Waals surface area contributed by atoms with E-state index in [0.717, 1.165) is 55.2 Å². The zero-order valence-corrected chi connectivity index (χ0v) is 36.2. The summed E-state index contributed by atoms with van der Waals surface area (Å²) >= 11 is 0. The lowest BCUT2D eigenvalue weighted by Crippen LogP contribution is -2.25. The number of alkyl halides is 4. The number of hydrogen-bond acceptors (Lipinski definition) is 2. The lowest BCUT2D eigenvalue weighted by atomic mass is 9.97. The Morgan fingerprint density at radius 3 is 1.10 bits per heavy atom. The fourth-order valence-corrected chi connectivity index (χ4v) is 7.13. The van der Waals surface area contributed by atoms with Gasteiger partial charge in [-0.25, -0.2) is 48.3 Å². The van der Waals surface area contributed by atoms with Gasteiger partial charge in [-0.3, -0.25) is 0 Å². The maximum absolute atomic E-state index is 15.0. The summed E-state index contributed by atoms with van der Waals surface area (Å²) in [5, 5.41) is 0. The van der Waals surface area contributed by atoms with Crippen molar-refractivity contribution >= 4 is 0 Å². The molecule has 0 aromatic heterocycles. The Morgan fingerprint density at radius 1 is 0.348 bits per heavy atom. The summed E-state index contributed by atoms with van der Waals surface area (Å²) in [4.78, 5) is 0. The number of rotatable bonds is 15. The highest BCUT2D eigenvalue weighted by atomic mass is 19.3. The van der Waals surface area contributed by atoms with Gasteiger partial charge in [-0.1, -0.05) is 93.8 Å². The summed E-state index contributed by atoms with van der Waals surface area (Å²) in [6.45, 7) is 4.11. The van der Waals surface area contributed by atoms with Crippen LogP contribution >= 0.6 is 0 Å². The standard InChI is InChI=1S/C30H22F8O.C22H15F7O/c1-2-3-4-5-17-6-8-18(9-7-17)19-10-11-22(23(31)12-19)20-13-24(32)28(25(33)14-20)30(37,38)39-21-15-26(34)29(36)27(35)16-21;1-2-3-12-4-6-13(7-5-12)14-8-16(23)20(17(24)9-14)22(28,29)30-15-10-18(25)21(27)19(26)11-15/h6-16H,2-5H2,1H3;4-11H,2-3H2,1H3. The van der Waals surface area contributed by atoms with Crippen LogP contribution in [0.5, 0.6) is 11.5 Å². The zero-order valence-electron chi connectivity index (χ0n) is 36.2. The van der Waals surface area contributed by atoms with E-state index in [-0.39, 0.29) is 41.0 Å². The molecule has 7 rings (SSSR count). The molecule has 362 valence electrons. The smallest absolute Gasteiger partial charge is 0.429 e. The average molecular weight is 979 g/mol. The minimum absolute atomic E-state index is 0.0199. The molecule has 0 unspecified atom stereocenters. The van der Waals surface area contributed by atoms with Crippen LogP contribution in [0.25, 0.3) is 33.4 Å². The summed E-state index contributed by atoms with van der Waals surface area (Å²) in [5.74, 6) is -21.1. The van der Waals surface area contributed by atoms with Crippen molar-refractivity contribution < 1.29 is 75.3 Å².